The predicted octanol–water partition coefficient (Wildman–Crippen LogP) is 2.77. The Hall–Kier alpha value is -1.18. The monoisotopic (exact) mass is 207 g/mol. The molecule has 0 aliphatic rings. The zero-order chi connectivity index (χ0) is 9.42. The van der Waals surface area contributed by atoms with Crippen LogP contribution in [0.4, 0.5) is 0 Å². The van der Waals surface area contributed by atoms with Gasteiger partial charge in [0.15, 0.2) is 0 Å². The van der Waals surface area contributed by atoms with Crippen molar-refractivity contribution in [2.75, 3.05) is 0 Å². The van der Waals surface area contributed by atoms with Gasteiger partial charge in [-0.05, 0) is 17.5 Å². The maximum Gasteiger partial charge on any atom is 0.147 e. The lowest BCUT2D eigenvalue weighted by Crippen LogP contribution is -1.78. The van der Waals surface area contributed by atoms with E-state index in [1.54, 1.807) is 6.07 Å². The molecular formula is C9H5NOS2. The van der Waals surface area contributed by atoms with Gasteiger partial charge in [0.2, 0.25) is 0 Å². The van der Waals surface area contributed by atoms with Crippen LogP contribution in [0.25, 0.3) is 10.1 Å². The second-order valence-electron chi connectivity index (χ2n) is 2.57. The molecule has 0 radical (unpaired) electrons. The van der Waals surface area contributed by atoms with Crippen molar-refractivity contribution in [2.24, 2.45) is 0 Å². The minimum absolute atomic E-state index is 0.0308. The van der Waals surface area contributed by atoms with Crippen LogP contribution in [0.5, 0.6) is 5.75 Å². The Morgan fingerprint density at radius 3 is 3.00 bits per heavy atom. The average molecular weight is 207 g/mol. The van der Waals surface area contributed by atoms with E-state index in [1.807, 2.05) is 17.5 Å². The number of nitriles is 1. The molecule has 0 fully saturated rings. The summed E-state index contributed by atoms with van der Waals surface area (Å²) >= 11 is 5.69. The number of fused-ring (bicyclic) bond motifs is 1. The summed E-state index contributed by atoms with van der Waals surface area (Å²) in [7, 11) is 0. The van der Waals surface area contributed by atoms with E-state index in [4.69, 9.17) is 5.26 Å². The first-order valence-corrected chi connectivity index (χ1v) is 4.89. The van der Waals surface area contributed by atoms with Gasteiger partial charge in [-0.3, -0.25) is 0 Å². The number of thiophene rings is 1. The molecule has 1 heterocycles. The number of hydrogen-bond acceptors (Lipinski definition) is 4. The van der Waals surface area contributed by atoms with Crippen molar-refractivity contribution < 1.29 is 5.11 Å². The van der Waals surface area contributed by atoms with Crippen molar-refractivity contribution in [3.05, 3.63) is 23.1 Å². The van der Waals surface area contributed by atoms with Crippen LogP contribution in [0.15, 0.2) is 22.4 Å². The largest absolute Gasteiger partial charge is 0.505 e. The van der Waals surface area contributed by atoms with Gasteiger partial charge in [-0.25, -0.2) is 0 Å². The lowest BCUT2D eigenvalue weighted by molar-refractivity contribution is 0.462. The summed E-state index contributed by atoms with van der Waals surface area (Å²) in [5, 5.41) is 21.0. The number of rotatable bonds is 0. The standard InChI is InChI=1S/C9H5NOS2/c10-4-5-3-7-6(1-2-13-7)9(12)8(5)11/h1-3,11-12H. The Morgan fingerprint density at radius 1 is 1.54 bits per heavy atom. The molecule has 0 saturated carbocycles. The molecule has 1 N–H and O–H groups in total. The van der Waals surface area contributed by atoms with E-state index in [0.29, 0.717) is 4.90 Å². The first-order valence-electron chi connectivity index (χ1n) is 3.56. The van der Waals surface area contributed by atoms with E-state index in [0.717, 1.165) is 10.1 Å². The predicted molar refractivity (Wildman–Crippen MR) is 55.5 cm³/mol. The summed E-state index contributed by atoms with van der Waals surface area (Å²) in [4.78, 5) is 0.482. The van der Waals surface area contributed by atoms with Gasteiger partial charge in [0.1, 0.15) is 11.8 Å². The van der Waals surface area contributed by atoms with Gasteiger partial charge in [0.25, 0.3) is 0 Å². The molecule has 13 heavy (non-hydrogen) atoms. The fourth-order valence-electron chi connectivity index (χ4n) is 1.17. The normalized spacial score (nSPS) is 10.2. The molecule has 64 valence electrons. The summed E-state index contributed by atoms with van der Waals surface area (Å²) < 4.78 is 0.972. The van der Waals surface area contributed by atoms with Crippen molar-refractivity contribution in [3.63, 3.8) is 0 Å². The summed E-state index contributed by atoms with van der Waals surface area (Å²) in [5.74, 6) is -0.0308. The van der Waals surface area contributed by atoms with Gasteiger partial charge < -0.3 is 5.11 Å². The van der Waals surface area contributed by atoms with E-state index in [-0.39, 0.29) is 11.3 Å². The van der Waals surface area contributed by atoms with Gasteiger partial charge in [-0.15, -0.1) is 24.0 Å². The van der Waals surface area contributed by atoms with Crippen molar-refractivity contribution in [1.29, 1.82) is 5.26 Å². The number of phenolic OH excluding ortho intramolecular Hbond substituents is 1. The van der Waals surface area contributed by atoms with Crippen LogP contribution in [0, 0.1) is 11.3 Å². The third-order valence-corrected chi connectivity index (χ3v) is 3.14. The highest BCUT2D eigenvalue weighted by atomic mass is 32.1. The Morgan fingerprint density at radius 2 is 2.31 bits per heavy atom. The number of benzene rings is 1. The maximum absolute atomic E-state index is 9.52. The van der Waals surface area contributed by atoms with Crippen molar-refractivity contribution in [2.45, 2.75) is 4.90 Å². The number of aromatic hydroxyl groups is 1. The second-order valence-corrected chi connectivity index (χ2v) is 3.96. The van der Waals surface area contributed by atoms with Gasteiger partial charge in [0.05, 0.1) is 10.5 Å². The minimum Gasteiger partial charge on any atom is -0.505 e. The van der Waals surface area contributed by atoms with E-state index in [9.17, 15) is 5.11 Å². The molecule has 4 heteroatoms. The van der Waals surface area contributed by atoms with Crippen molar-refractivity contribution in [3.8, 4) is 11.8 Å². The lowest BCUT2D eigenvalue weighted by atomic mass is 10.1. The molecule has 2 rings (SSSR count). The van der Waals surface area contributed by atoms with Crippen LogP contribution in [0.3, 0.4) is 0 Å². The average Bonchev–Trinajstić information content (AvgIpc) is 2.59. The molecule has 2 nitrogen and oxygen atoms in total. The highest BCUT2D eigenvalue weighted by molar-refractivity contribution is 7.80. The zero-order valence-electron chi connectivity index (χ0n) is 6.48. The Labute approximate surface area is 84.5 Å². The van der Waals surface area contributed by atoms with Gasteiger partial charge in [0, 0.05) is 10.1 Å². The van der Waals surface area contributed by atoms with E-state index < -0.39 is 0 Å². The SMILES string of the molecule is N#Cc1cc2sccc2c(S)c1O. The first-order chi connectivity index (χ1) is 6.24. The summed E-state index contributed by atoms with van der Waals surface area (Å²) in [6, 6.07) is 5.48. The third-order valence-electron chi connectivity index (χ3n) is 1.83. The van der Waals surface area contributed by atoms with Crippen LogP contribution < -0.4 is 0 Å². The second kappa shape index (κ2) is 2.95. The first kappa shape index (κ1) is 8.42. The molecule has 0 aliphatic carbocycles. The van der Waals surface area contributed by atoms with E-state index in [1.165, 1.54) is 11.3 Å². The molecule has 1 aromatic carbocycles. The minimum atomic E-state index is -0.0308. The van der Waals surface area contributed by atoms with Crippen LogP contribution >= 0.6 is 24.0 Å². The lowest BCUT2D eigenvalue weighted by Gasteiger charge is -2.00. The summed E-state index contributed by atoms with van der Waals surface area (Å²) in [5.41, 5.74) is 0.278. The Balaban J connectivity index is 2.94. The molecule has 0 atom stereocenters. The fourth-order valence-corrected chi connectivity index (χ4v) is 2.39. The fraction of sp³-hybridized carbons (Fsp3) is 0. The molecule has 2 aromatic rings. The van der Waals surface area contributed by atoms with Gasteiger partial charge in [-0.2, -0.15) is 5.26 Å². The molecule has 0 unspecified atom stereocenters. The zero-order valence-corrected chi connectivity index (χ0v) is 8.19. The van der Waals surface area contributed by atoms with Gasteiger partial charge in [-0.1, -0.05) is 0 Å². The van der Waals surface area contributed by atoms with E-state index in [2.05, 4.69) is 12.6 Å². The molecular weight excluding hydrogens is 202 g/mol. The van der Waals surface area contributed by atoms with Crippen LogP contribution in [-0.4, -0.2) is 5.11 Å². The Bertz CT molecular complexity index is 510. The van der Waals surface area contributed by atoms with Gasteiger partial charge >= 0.3 is 0 Å². The molecule has 0 saturated heterocycles. The quantitative estimate of drug-likeness (QED) is 0.652. The van der Waals surface area contributed by atoms with Crippen molar-refractivity contribution in [1.82, 2.24) is 0 Å². The molecule has 0 spiro atoms. The summed E-state index contributed by atoms with van der Waals surface area (Å²) in [6.07, 6.45) is 0. The molecule has 1 aromatic heterocycles. The molecule has 0 amide bonds. The summed E-state index contributed by atoms with van der Waals surface area (Å²) in [6.45, 7) is 0. The number of thiol groups is 1. The van der Waals surface area contributed by atoms with Crippen LogP contribution in [-0.2, 0) is 0 Å². The van der Waals surface area contributed by atoms with Crippen molar-refractivity contribution >= 4 is 34.1 Å². The highest BCUT2D eigenvalue weighted by Gasteiger charge is 2.09. The highest BCUT2D eigenvalue weighted by Crippen LogP contribution is 2.35. The van der Waals surface area contributed by atoms with E-state index >= 15 is 0 Å². The topological polar surface area (TPSA) is 44.0 Å². The maximum atomic E-state index is 9.52. The molecule has 0 aliphatic heterocycles. The number of hydrogen-bond donors (Lipinski definition) is 2. The number of phenols is 1. The smallest absolute Gasteiger partial charge is 0.147 e. The molecule has 0 bridgehead atoms. The van der Waals surface area contributed by atoms with Crippen LogP contribution in [0.1, 0.15) is 5.56 Å². The third kappa shape index (κ3) is 1.17. The number of nitrogens with zero attached hydrogens (tertiary/aromatic N) is 1. The Kier molecular flexibility index (Phi) is 1.91. The van der Waals surface area contributed by atoms with Crippen LogP contribution in [0.2, 0.25) is 0 Å².